The lowest BCUT2D eigenvalue weighted by Crippen LogP contribution is -2.23. The van der Waals surface area contributed by atoms with Crippen LogP contribution >= 0.6 is 0 Å². The molecule has 3 rings (SSSR count). The highest BCUT2D eigenvalue weighted by atomic mass is 16.2. The minimum Gasteiger partial charge on any atom is -0.385 e. The van der Waals surface area contributed by atoms with Crippen molar-refractivity contribution in [2.75, 3.05) is 12.4 Å². The summed E-state index contributed by atoms with van der Waals surface area (Å²) in [5.74, 6) is -0.524. The lowest BCUT2D eigenvalue weighted by molar-refractivity contribution is 0.0948. The van der Waals surface area contributed by atoms with E-state index in [0.29, 0.717) is 23.5 Å². The van der Waals surface area contributed by atoms with Crippen molar-refractivity contribution < 1.29 is 9.59 Å². The number of nitrogens with two attached hydrogens (primary N) is 1. The molecule has 2 aromatic carbocycles. The second kappa shape index (κ2) is 9.04. The first-order chi connectivity index (χ1) is 14.7. The minimum absolute atomic E-state index is 0.103. The number of carbonyl (C=O) groups is 2. The van der Waals surface area contributed by atoms with Gasteiger partial charge in [0.1, 0.15) is 0 Å². The molecule has 31 heavy (non-hydrogen) atoms. The molecule has 3 aromatic rings. The summed E-state index contributed by atoms with van der Waals surface area (Å²) in [5.41, 5.74) is 11.7. The van der Waals surface area contributed by atoms with E-state index in [4.69, 9.17) is 5.73 Å². The number of hydrogen-bond donors (Lipinski definition) is 3. The summed E-state index contributed by atoms with van der Waals surface area (Å²) in [5, 5.41) is 10.6. The third kappa shape index (κ3) is 4.60. The predicted octanol–water partition coefficient (Wildman–Crippen LogP) is 3.68. The average Bonchev–Trinajstić information content (AvgIpc) is 3.14. The lowest BCUT2D eigenvalue weighted by Gasteiger charge is -2.10. The number of nitrogens with one attached hydrogen (secondary N) is 2. The highest BCUT2D eigenvalue weighted by molar-refractivity contribution is 5.98. The van der Waals surface area contributed by atoms with E-state index in [1.807, 2.05) is 70.2 Å². The fourth-order valence-electron chi connectivity index (χ4n) is 3.51. The van der Waals surface area contributed by atoms with E-state index in [1.165, 1.54) is 0 Å². The molecule has 2 amide bonds. The molecule has 0 radical (unpaired) electrons. The number of benzene rings is 2. The van der Waals surface area contributed by atoms with Gasteiger partial charge in [-0.2, -0.15) is 5.10 Å². The number of carbonyl (C=O) groups excluding carboxylic acids is 2. The van der Waals surface area contributed by atoms with Gasteiger partial charge < -0.3 is 16.4 Å². The monoisotopic (exact) mass is 419 g/mol. The van der Waals surface area contributed by atoms with Crippen LogP contribution in [0.1, 0.15) is 63.0 Å². The smallest absolute Gasteiger partial charge is 0.269 e. The first-order valence-electron chi connectivity index (χ1n) is 10.3. The normalized spacial score (nSPS) is 10.9. The Kier molecular flexibility index (Phi) is 6.44. The molecule has 0 atom stereocenters. The molecule has 0 fully saturated rings. The maximum absolute atomic E-state index is 12.6. The van der Waals surface area contributed by atoms with E-state index in [1.54, 1.807) is 11.7 Å². The Morgan fingerprint density at radius 1 is 1.10 bits per heavy atom. The number of primary amides is 1. The Balaban J connectivity index is 1.81. The Hall–Kier alpha value is -3.61. The van der Waals surface area contributed by atoms with Gasteiger partial charge in [0.05, 0.1) is 17.1 Å². The van der Waals surface area contributed by atoms with Crippen LogP contribution in [0, 0.1) is 13.8 Å². The first kappa shape index (κ1) is 22.1. The van der Waals surface area contributed by atoms with Gasteiger partial charge >= 0.3 is 0 Å². The Morgan fingerprint density at radius 2 is 1.77 bits per heavy atom. The van der Waals surface area contributed by atoms with Crippen LogP contribution in [0.4, 0.5) is 5.69 Å². The third-order valence-electron chi connectivity index (χ3n) is 5.21. The van der Waals surface area contributed by atoms with Crippen molar-refractivity contribution in [3.63, 3.8) is 0 Å². The van der Waals surface area contributed by atoms with Crippen LogP contribution in [0.25, 0.3) is 5.69 Å². The van der Waals surface area contributed by atoms with E-state index in [0.717, 1.165) is 28.1 Å². The van der Waals surface area contributed by atoms with Gasteiger partial charge in [-0.3, -0.25) is 9.59 Å². The summed E-state index contributed by atoms with van der Waals surface area (Å²) in [7, 11) is 1.75. The van der Waals surface area contributed by atoms with Crippen molar-refractivity contribution in [3.8, 4) is 5.69 Å². The standard InChI is InChI=1S/C24H29N5O2/c1-14(2)20-21(26-5)22(23(25)30)29(28-20)18-10-8-17(9-11-18)13-27-24(31)19-12-15(3)6-7-16(19)4/h6-12,14,26H,13H2,1-5H3,(H2,25,30)(H,27,31). The zero-order chi connectivity index (χ0) is 22.7. The summed E-state index contributed by atoms with van der Waals surface area (Å²) < 4.78 is 1.57. The summed E-state index contributed by atoms with van der Waals surface area (Å²) in [6.45, 7) is 8.32. The number of aryl methyl sites for hydroxylation is 2. The van der Waals surface area contributed by atoms with E-state index >= 15 is 0 Å². The number of nitrogens with zero attached hydrogens (tertiary/aromatic N) is 2. The molecular formula is C24H29N5O2. The van der Waals surface area contributed by atoms with Crippen molar-refractivity contribution in [2.24, 2.45) is 5.73 Å². The average molecular weight is 420 g/mol. The molecule has 7 heteroatoms. The number of aromatic nitrogens is 2. The molecule has 0 aliphatic heterocycles. The molecule has 0 aliphatic rings. The molecule has 0 unspecified atom stereocenters. The molecule has 7 nitrogen and oxygen atoms in total. The van der Waals surface area contributed by atoms with E-state index in [9.17, 15) is 9.59 Å². The Morgan fingerprint density at radius 3 is 2.35 bits per heavy atom. The topological polar surface area (TPSA) is 102 Å². The van der Waals surface area contributed by atoms with Crippen molar-refractivity contribution >= 4 is 17.5 Å². The van der Waals surface area contributed by atoms with Gasteiger partial charge in [0.15, 0.2) is 5.69 Å². The Bertz CT molecular complexity index is 1110. The van der Waals surface area contributed by atoms with Gasteiger partial charge in [0.25, 0.3) is 11.8 Å². The molecule has 0 spiro atoms. The molecule has 162 valence electrons. The van der Waals surface area contributed by atoms with Crippen molar-refractivity contribution in [1.82, 2.24) is 15.1 Å². The molecule has 0 saturated carbocycles. The van der Waals surface area contributed by atoms with E-state index in [-0.39, 0.29) is 11.8 Å². The van der Waals surface area contributed by atoms with Crippen LogP contribution in [0.2, 0.25) is 0 Å². The molecular weight excluding hydrogens is 390 g/mol. The Labute approximate surface area is 182 Å². The van der Waals surface area contributed by atoms with Crippen molar-refractivity contribution in [1.29, 1.82) is 0 Å². The first-order valence-corrected chi connectivity index (χ1v) is 10.3. The maximum atomic E-state index is 12.6. The van der Waals surface area contributed by atoms with Crippen LogP contribution in [0.5, 0.6) is 0 Å². The van der Waals surface area contributed by atoms with Crippen LogP contribution in [-0.2, 0) is 6.54 Å². The van der Waals surface area contributed by atoms with Gasteiger partial charge in [-0.1, -0.05) is 43.7 Å². The summed E-state index contributed by atoms with van der Waals surface area (Å²) >= 11 is 0. The molecule has 0 bridgehead atoms. The van der Waals surface area contributed by atoms with Crippen LogP contribution in [-0.4, -0.2) is 28.6 Å². The molecule has 1 aromatic heterocycles. The highest BCUT2D eigenvalue weighted by Gasteiger charge is 2.23. The second-order valence-corrected chi connectivity index (χ2v) is 7.96. The summed E-state index contributed by atoms with van der Waals surface area (Å²) in [6, 6.07) is 13.4. The van der Waals surface area contributed by atoms with Crippen molar-refractivity contribution in [2.45, 2.75) is 40.2 Å². The SMILES string of the molecule is CNc1c(C(C)C)nn(-c2ccc(CNC(=O)c3cc(C)ccc3C)cc2)c1C(N)=O. The summed E-state index contributed by atoms with van der Waals surface area (Å²) in [6.07, 6.45) is 0. The van der Waals surface area contributed by atoms with Crippen LogP contribution in [0.3, 0.4) is 0 Å². The molecule has 1 heterocycles. The zero-order valence-corrected chi connectivity index (χ0v) is 18.6. The highest BCUT2D eigenvalue weighted by Crippen LogP contribution is 2.29. The van der Waals surface area contributed by atoms with E-state index < -0.39 is 5.91 Å². The van der Waals surface area contributed by atoms with Gasteiger partial charge in [-0.25, -0.2) is 4.68 Å². The molecule has 0 aliphatic carbocycles. The van der Waals surface area contributed by atoms with Gasteiger partial charge in [-0.15, -0.1) is 0 Å². The molecule has 4 N–H and O–H groups in total. The predicted molar refractivity (Wildman–Crippen MR) is 123 cm³/mol. The number of hydrogen-bond acceptors (Lipinski definition) is 4. The largest absolute Gasteiger partial charge is 0.385 e. The number of amides is 2. The second-order valence-electron chi connectivity index (χ2n) is 7.96. The number of anilines is 1. The van der Waals surface area contributed by atoms with Crippen LogP contribution < -0.4 is 16.4 Å². The fraction of sp³-hybridized carbons (Fsp3) is 0.292. The zero-order valence-electron chi connectivity index (χ0n) is 18.6. The quantitative estimate of drug-likeness (QED) is 0.544. The van der Waals surface area contributed by atoms with Gasteiger partial charge in [-0.05, 0) is 49.1 Å². The summed E-state index contributed by atoms with van der Waals surface area (Å²) in [4.78, 5) is 24.7. The number of rotatable bonds is 7. The fourth-order valence-corrected chi connectivity index (χ4v) is 3.51. The van der Waals surface area contributed by atoms with Crippen LogP contribution in [0.15, 0.2) is 42.5 Å². The van der Waals surface area contributed by atoms with Gasteiger partial charge in [0.2, 0.25) is 0 Å². The van der Waals surface area contributed by atoms with Crippen molar-refractivity contribution in [3.05, 3.63) is 76.1 Å². The lowest BCUT2D eigenvalue weighted by atomic mass is 10.0. The minimum atomic E-state index is -0.548. The van der Waals surface area contributed by atoms with Gasteiger partial charge in [0, 0.05) is 19.2 Å². The third-order valence-corrected chi connectivity index (χ3v) is 5.21. The molecule has 0 saturated heterocycles. The maximum Gasteiger partial charge on any atom is 0.269 e. The van der Waals surface area contributed by atoms with E-state index in [2.05, 4.69) is 15.7 Å².